The normalized spacial score (nSPS) is 16.0. The van der Waals surface area contributed by atoms with Crippen LogP contribution in [0, 0.1) is 6.92 Å². The summed E-state index contributed by atoms with van der Waals surface area (Å²) in [5.41, 5.74) is 2.83. The van der Waals surface area contributed by atoms with Crippen LogP contribution >= 0.6 is 23.4 Å². The Bertz CT molecular complexity index is 1030. The van der Waals surface area contributed by atoms with Crippen LogP contribution in [0.25, 0.3) is 17.1 Å². The van der Waals surface area contributed by atoms with Gasteiger partial charge in [-0.2, -0.15) is 0 Å². The Balaban J connectivity index is 1.58. The lowest BCUT2D eigenvalue weighted by molar-refractivity contribution is -0.119. The monoisotopic (exact) mass is 442 g/mol. The second kappa shape index (κ2) is 9.64. The lowest BCUT2D eigenvalue weighted by Crippen LogP contribution is -2.32. The number of ether oxygens (including phenoxy) is 1. The van der Waals surface area contributed by atoms with Gasteiger partial charge < -0.3 is 10.1 Å². The van der Waals surface area contributed by atoms with Gasteiger partial charge in [0.25, 0.3) is 0 Å². The second-order valence-corrected chi connectivity index (χ2v) is 8.49. The van der Waals surface area contributed by atoms with E-state index in [0.29, 0.717) is 22.5 Å². The molecule has 6 nitrogen and oxygen atoms in total. The zero-order valence-electron chi connectivity index (χ0n) is 16.7. The molecule has 8 heteroatoms. The first-order valence-corrected chi connectivity index (χ1v) is 11.3. The van der Waals surface area contributed by atoms with Crippen molar-refractivity contribution >= 4 is 29.3 Å². The fraction of sp³-hybridized carbons (Fsp3) is 0.318. The summed E-state index contributed by atoms with van der Waals surface area (Å²) in [5.74, 6) is 0.852. The van der Waals surface area contributed by atoms with E-state index in [1.54, 1.807) is 0 Å². The summed E-state index contributed by atoms with van der Waals surface area (Å²) >= 11 is 7.79. The minimum absolute atomic E-state index is 0.0471. The molecule has 1 atom stereocenters. The van der Waals surface area contributed by atoms with E-state index in [2.05, 4.69) is 15.5 Å². The first-order chi connectivity index (χ1) is 14.6. The highest BCUT2D eigenvalue weighted by atomic mass is 35.5. The smallest absolute Gasteiger partial charge is 0.230 e. The van der Waals surface area contributed by atoms with Crippen LogP contribution < -0.4 is 5.32 Å². The van der Waals surface area contributed by atoms with Crippen molar-refractivity contribution in [3.8, 4) is 17.1 Å². The van der Waals surface area contributed by atoms with Crippen LogP contribution in [-0.4, -0.2) is 45.7 Å². The molecular weight excluding hydrogens is 420 g/mol. The van der Waals surface area contributed by atoms with Gasteiger partial charge >= 0.3 is 0 Å². The van der Waals surface area contributed by atoms with Crippen molar-refractivity contribution in [2.75, 3.05) is 18.9 Å². The molecule has 1 N–H and O–H groups in total. The molecule has 0 spiro atoms. The third kappa shape index (κ3) is 4.69. The molecule has 30 heavy (non-hydrogen) atoms. The molecule has 0 aliphatic carbocycles. The van der Waals surface area contributed by atoms with E-state index in [0.717, 1.165) is 36.3 Å². The highest BCUT2D eigenvalue weighted by Gasteiger charge is 2.20. The molecular formula is C22H23ClN4O2S. The minimum Gasteiger partial charge on any atom is -0.376 e. The summed E-state index contributed by atoms with van der Waals surface area (Å²) in [6, 6.07) is 15.6. The first kappa shape index (κ1) is 20.9. The number of rotatable bonds is 7. The second-order valence-electron chi connectivity index (χ2n) is 7.14. The summed E-state index contributed by atoms with van der Waals surface area (Å²) in [7, 11) is 0. The number of aromatic nitrogens is 3. The number of carbonyl (C=O) groups is 1. The third-order valence-corrected chi connectivity index (χ3v) is 6.25. The number of carbonyl (C=O) groups excluding carboxylic acids is 1. The van der Waals surface area contributed by atoms with Gasteiger partial charge in [-0.05, 0) is 43.5 Å². The van der Waals surface area contributed by atoms with Crippen LogP contribution in [0.5, 0.6) is 0 Å². The molecule has 2 heterocycles. The van der Waals surface area contributed by atoms with E-state index in [-0.39, 0.29) is 17.8 Å². The average molecular weight is 443 g/mol. The number of amides is 1. The number of hydrogen-bond donors (Lipinski definition) is 1. The zero-order valence-corrected chi connectivity index (χ0v) is 18.2. The zero-order chi connectivity index (χ0) is 20.9. The van der Waals surface area contributed by atoms with Crippen LogP contribution in [-0.2, 0) is 9.53 Å². The topological polar surface area (TPSA) is 69.0 Å². The molecule has 3 aromatic rings. The van der Waals surface area contributed by atoms with Gasteiger partial charge in [-0.25, -0.2) is 0 Å². The van der Waals surface area contributed by atoms with Crippen LogP contribution in [0.2, 0.25) is 5.02 Å². The summed E-state index contributed by atoms with van der Waals surface area (Å²) in [5, 5.41) is 13.0. The van der Waals surface area contributed by atoms with Crippen LogP contribution in [0.15, 0.2) is 53.7 Å². The number of halogens is 1. The molecule has 0 radical (unpaired) electrons. The van der Waals surface area contributed by atoms with Gasteiger partial charge in [-0.15, -0.1) is 10.2 Å². The standard InChI is InChI=1S/C22H23ClN4O2S/c1-15-7-2-5-11-19(15)27-21(17-9-3-4-10-18(17)23)25-26-22(27)30-14-20(28)24-13-16-8-6-12-29-16/h2-5,7,9-11,16H,6,8,12-14H2,1H3,(H,24,28). The molecule has 0 saturated carbocycles. The minimum atomic E-state index is -0.0471. The van der Waals surface area contributed by atoms with E-state index in [1.807, 2.05) is 60.0 Å². The molecule has 156 valence electrons. The SMILES string of the molecule is Cc1ccccc1-n1c(SCC(=O)NCC2CCCO2)nnc1-c1ccccc1Cl. The lowest BCUT2D eigenvalue weighted by atomic mass is 10.1. The number of para-hydroxylation sites is 1. The highest BCUT2D eigenvalue weighted by Crippen LogP contribution is 2.32. The molecule has 4 rings (SSSR count). The maximum atomic E-state index is 12.4. The highest BCUT2D eigenvalue weighted by molar-refractivity contribution is 7.99. The Kier molecular flexibility index (Phi) is 6.72. The van der Waals surface area contributed by atoms with E-state index in [4.69, 9.17) is 16.3 Å². The lowest BCUT2D eigenvalue weighted by Gasteiger charge is -2.14. The summed E-state index contributed by atoms with van der Waals surface area (Å²) in [4.78, 5) is 12.4. The quantitative estimate of drug-likeness (QED) is 0.553. The molecule has 1 unspecified atom stereocenters. The Morgan fingerprint density at radius 2 is 2.03 bits per heavy atom. The molecule has 1 amide bonds. The molecule has 0 bridgehead atoms. The molecule has 1 aliphatic heterocycles. The van der Waals surface area contributed by atoms with Crippen molar-refractivity contribution < 1.29 is 9.53 Å². The van der Waals surface area contributed by atoms with Crippen molar-refractivity contribution in [2.45, 2.75) is 31.0 Å². The van der Waals surface area contributed by atoms with Gasteiger partial charge in [0.2, 0.25) is 5.91 Å². The van der Waals surface area contributed by atoms with Crippen LogP contribution in [0.1, 0.15) is 18.4 Å². The number of hydrogen-bond acceptors (Lipinski definition) is 5. The van der Waals surface area contributed by atoms with Crippen molar-refractivity contribution in [2.24, 2.45) is 0 Å². The Morgan fingerprint density at radius 3 is 2.80 bits per heavy atom. The van der Waals surface area contributed by atoms with Gasteiger partial charge in [0.1, 0.15) is 0 Å². The summed E-state index contributed by atoms with van der Waals surface area (Å²) in [6.07, 6.45) is 2.18. The molecule has 1 fully saturated rings. The van der Waals surface area contributed by atoms with Crippen molar-refractivity contribution in [3.05, 3.63) is 59.1 Å². The van der Waals surface area contributed by atoms with E-state index in [1.165, 1.54) is 11.8 Å². The van der Waals surface area contributed by atoms with E-state index >= 15 is 0 Å². The fourth-order valence-corrected chi connectivity index (χ4v) is 4.42. The number of nitrogens with one attached hydrogen (secondary N) is 1. The predicted octanol–water partition coefficient (Wildman–Crippen LogP) is 4.28. The Labute approximate surface area is 185 Å². The van der Waals surface area contributed by atoms with Gasteiger partial charge in [-0.1, -0.05) is 53.7 Å². The van der Waals surface area contributed by atoms with Crippen molar-refractivity contribution in [1.82, 2.24) is 20.1 Å². The van der Waals surface area contributed by atoms with Crippen molar-refractivity contribution in [1.29, 1.82) is 0 Å². The average Bonchev–Trinajstić information content (AvgIpc) is 3.41. The summed E-state index contributed by atoms with van der Waals surface area (Å²) in [6.45, 7) is 3.36. The first-order valence-electron chi connectivity index (χ1n) is 9.91. The van der Waals surface area contributed by atoms with E-state index in [9.17, 15) is 4.79 Å². The van der Waals surface area contributed by atoms with Crippen LogP contribution in [0.3, 0.4) is 0 Å². The molecule has 1 aromatic heterocycles. The predicted molar refractivity (Wildman–Crippen MR) is 119 cm³/mol. The Morgan fingerprint density at radius 1 is 1.23 bits per heavy atom. The van der Waals surface area contributed by atoms with Crippen molar-refractivity contribution in [3.63, 3.8) is 0 Å². The van der Waals surface area contributed by atoms with Gasteiger partial charge in [0.05, 0.1) is 22.6 Å². The molecule has 2 aromatic carbocycles. The number of benzene rings is 2. The molecule has 1 aliphatic rings. The number of aryl methyl sites for hydroxylation is 1. The molecule has 1 saturated heterocycles. The number of thioether (sulfide) groups is 1. The fourth-order valence-electron chi connectivity index (χ4n) is 3.43. The van der Waals surface area contributed by atoms with Crippen LogP contribution in [0.4, 0.5) is 0 Å². The maximum absolute atomic E-state index is 12.4. The Hall–Kier alpha value is -2.35. The van der Waals surface area contributed by atoms with Gasteiger partial charge in [0.15, 0.2) is 11.0 Å². The largest absolute Gasteiger partial charge is 0.376 e. The maximum Gasteiger partial charge on any atom is 0.230 e. The third-order valence-electron chi connectivity index (χ3n) is 4.99. The van der Waals surface area contributed by atoms with E-state index < -0.39 is 0 Å². The number of nitrogens with zero attached hydrogens (tertiary/aromatic N) is 3. The van der Waals surface area contributed by atoms with Gasteiger partial charge in [0, 0.05) is 18.7 Å². The summed E-state index contributed by atoms with van der Waals surface area (Å²) < 4.78 is 7.53. The van der Waals surface area contributed by atoms with Gasteiger partial charge in [-0.3, -0.25) is 9.36 Å².